The van der Waals surface area contributed by atoms with E-state index < -0.39 is 9.84 Å². The molecule has 1 saturated carbocycles. The number of sulfone groups is 1. The molecule has 1 aromatic carbocycles. The van der Waals surface area contributed by atoms with Crippen molar-refractivity contribution in [1.82, 2.24) is 0 Å². The third kappa shape index (κ3) is 3.21. The van der Waals surface area contributed by atoms with E-state index in [2.05, 4.69) is 4.90 Å². The standard InChI is InChI=1S/C14H22N2O2S/c1-16(10-11-6-3-4-7-11)12-8-5-9-13(14(12)15)19(2,17)18/h5,8-9,11H,3-4,6-7,10,15H2,1-2H3. The minimum absolute atomic E-state index is 0.225. The van der Waals surface area contributed by atoms with E-state index in [-0.39, 0.29) is 4.90 Å². The minimum atomic E-state index is -3.27. The molecule has 0 amide bonds. The first-order valence-corrected chi connectivity index (χ1v) is 8.58. The van der Waals surface area contributed by atoms with Crippen LogP contribution in [0.15, 0.2) is 23.1 Å². The molecule has 0 aliphatic heterocycles. The van der Waals surface area contributed by atoms with Crippen molar-refractivity contribution < 1.29 is 8.42 Å². The highest BCUT2D eigenvalue weighted by molar-refractivity contribution is 7.90. The first kappa shape index (κ1) is 14.2. The molecule has 1 aliphatic rings. The summed E-state index contributed by atoms with van der Waals surface area (Å²) in [4.78, 5) is 2.31. The number of rotatable bonds is 4. The fourth-order valence-electron chi connectivity index (χ4n) is 2.87. The van der Waals surface area contributed by atoms with Crippen molar-refractivity contribution in [2.24, 2.45) is 5.92 Å². The van der Waals surface area contributed by atoms with Gasteiger partial charge in [-0.1, -0.05) is 18.9 Å². The van der Waals surface area contributed by atoms with Gasteiger partial charge in [-0.3, -0.25) is 0 Å². The molecule has 1 fully saturated rings. The van der Waals surface area contributed by atoms with Crippen LogP contribution in [0.1, 0.15) is 25.7 Å². The summed E-state index contributed by atoms with van der Waals surface area (Å²) in [7, 11) is -1.29. The van der Waals surface area contributed by atoms with Gasteiger partial charge in [-0.2, -0.15) is 0 Å². The zero-order valence-corrected chi connectivity index (χ0v) is 12.4. The molecule has 0 heterocycles. The molecule has 0 unspecified atom stereocenters. The summed E-state index contributed by atoms with van der Waals surface area (Å²) in [5.41, 5.74) is 7.20. The Kier molecular flexibility index (Phi) is 4.04. The molecule has 0 bridgehead atoms. The molecule has 4 nitrogen and oxygen atoms in total. The largest absolute Gasteiger partial charge is 0.396 e. The Bertz CT molecular complexity index is 549. The lowest BCUT2D eigenvalue weighted by Gasteiger charge is -2.25. The van der Waals surface area contributed by atoms with Gasteiger partial charge in [0, 0.05) is 19.8 Å². The summed E-state index contributed by atoms with van der Waals surface area (Å²) in [5, 5.41) is 0. The fraction of sp³-hybridized carbons (Fsp3) is 0.571. The average molecular weight is 282 g/mol. The van der Waals surface area contributed by atoms with Crippen LogP contribution in [0.2, 0.25) is 0 Å². The highest BCUT2D eigenvalue weighted by Crippen LogP contribution is 2.32. The van der Waals surface area contributed by atoms with Gasteiger partial charge in [0.15, 0.2) is 9.84 Å². The van der Waals surface area contributed by atoms with E-state index in [1.54, 1.807) is 12.1 Å². The molecular weight excluding hydrogens is 260 g/mol. The van der Waals surface area contributed by atoms with Crippen LogP contribution >= 0.6 is 0 Å². The molecule has 0 aromatic heterocycles. The predicted molar refractivity (Wildman–Crippen MR) is 79.2 cm³/mol. The van der Waals surface area contributed by atoms with Crippen LogP contribution < -0.4 is 10.6 Å². The van der Waals surface area contributed by atoms with E-state index in [0.29, 0.717) is 11.6 Å². The second-order valence-electron chi connectivity index (χ2n) is 5.49. The van der Waals surface area contributed by atoms with Crippen molar-refractivity contribution in [3.63, 3.8) is 0 Å². The summed E-state index contributed by atoms with van der Waals surface area (Å²) in [6.07, 6.45) is 6.32. The van der Waals surface area contributed by atoms with E-state index in [1.165, 1.54) is 31.9 Å². The number of anilines is 2. The Hall–Kier alpha value is -1.23. The maximum absolute atomic E-state index is 11.7. The second kappa shape index (κ2) is 5.41. The van der Waals surface area contributed by atoms with Crippen LogP contribution in [-0.2, 0) is 9.84 Å². The normalized spacial score (nSPS) is 16.7. The van der Waals surface area contributed by atoms with E-state index >= 15 is 0 Å². The lowest BCUT2D eigenvalue weighted by molar-refractivity contribution is 0.547. The summed E-state index contributed by atoms with van der Waals surface area (Å²) in [6, 6.07) is 5.21. The van der Waals surface area contributed by atoms with Gasteiger partial charge in [0.25, 0.3) is 0 Å². The molecule has 5 heteroatoms. The second-order valence-corrected chi connectivity index (χ2v) is 7.48. The summed E-state index contributed by atoms with van der Waals surface area (Å²) in [6.45, 7) is 0.942. The number of para-hydroxylation sites is 1. The van der Waals surface area contributed by atoms with Crippen LogP contribution in [0.5, 0.6) is 0 Å². The molecule has 1 aromatic rings. The number of hydrogen-bond donors (Lipinski definition) is 1. The van der Waals surface area contributed by atoms with Gasteiger partial charge in [-0.05, 0) is 30.9 Å². The quantitative estimate of drug-likeness (QED) is 0.861. The molecule has 2 N–H and O–H groups in total. The van der Waals surface area contributed by atoms with Crippen molar-refractivity contribution in [2.45, 2.75) is 30.6 Å². The Morgan fingerprint density at radius 1 is 1.32 bits per heavy atom. The van der Waals surface area contributed by atoms with E-state index in [4.69, 9.17) is 5.73 Å². The molecule has 1 aliphatic carbocycles. The smallest absolute Gasteiger partial charge is 0.177 e. The zero-order valence-electron chi connectivity index (χ0n) is 11.6. The van der Waals surface area contributed by atoms with Gasteiger partial charge in [-0.15, -0.1) is 0 Å². The van der Waals surface area contributed by atoms with Crippen LogP contribution in [0.3, 0.4) is 0 Å². The maximum atomic E-state index is 11.7. The van der Waals surface area contributed by atoms with Gasteiger partial charge in [0.05, 0.1) is 16.3 Å². The third-order valence-electron chi connectivity index (χ3n) is 3.86. The predicted octanol–water partition coefficient (Wildman–Crippen LogP) is 2.30. The lowest BCUT2D eigenvalue weighted by Crippen LogP contribution is -2.25. The zero-order chi connectivity index (χ0) is 14.0. The van der Waals surface area contributed by atoms with E-state index in [0.717, 1.165) is 12.2 Å². The van der Waals surface area contributed by atoms with Crippen LogP contribution in [0.25, 0.3) is 0 Å². The molecule has 106 valence electrons. The molecule has 2 rings (SSSR count). The third-order valence-corrected chi connectivity index (χ3v) is 5.02. The Labute approximate surface area is 115 Å². The molecule has 0 radical (unpaired) electrons. The SMILES string of the molecule is CN(CC1CCCC1)c1cccc(S(C)(=O)=O)c1N. The highest BCUT2D eigenvalue weighted by Gasteiger charge is 2.20. The Morgan fingerprint density at radius 3 is 2.53 bits per heavy atom. The van der Waals surface area contributed by atoms with Crippen molar-refractivity contribution in [3.05, 3.63) is 18.2 Å². The first-order chi connectivity index (χ1) is 8.89. The fourth-order valence-corrected chi connectivity index (χ4v) is 3.70. The number of benzene rings is 1. The Balaban J connectivity index is 2.24. The van der Waals surface area contributed by atoms with Gasteiger partial charge in [0.2, 0.25) is 0 Å². The number of nitrogen functional groups attached to an aromatic ring is 1. The van der Waals surface area contributed by atoms with Gasteiger partial charge in [-0.25, -0.2) is 8.42 Å². The number of hydrogen-bond acceptors (Lipinski definition) is 4. The van der Waals surface area contributed by atoms with Crippen LogP contribution in [-0.4, -0.2) is 28.3 Å². The van der Waals surface area contributed by atoms with Gasteiger partial charge >= 0.3 is 0 Å². The summed E-state index contributed by atoms with van der Waals surface area (Å²) in [5.74, 6) is 0.700. The minimum Gasteiger partial charge on any atom is -0.396 e. The molecule has 0 spiro atoms. The molecule has 0 saturated heterocycles. The average Bonchev–Trinajstić information content (AvgIpc) is 2.80. The van der Waals surface area contributed by atoms with Crippen molar-refractivity contribution in [3.8, 4) is 0 Å². The summed E-state index contributed by atoms with van der Waals surface area (Å²) < 4.78 is 23.3. The van der Waals surface area contributed by atoms with Crippen molar-refractivity contribution in [1.29, 1.82) is 0 Å². The molecule has 0 atom stereocenters. The topological polar surface area (TPSA) is 63.4 Å². The molecular formula is C14H22N2O2S. The highest BCUT2D eigenvalue weighted by atomic mass is 32.2. The molecule has 19 heavy (non-hydrogen) atoms. The number of nitrogens with two attached hydrogens (primary N) is 1. The monoisotopic (exact) mass is 282 g/mol. The van der Waals surface area contributed by atoms with Crippen molar-refractivity contribution >= 4 is 21.2 Å². The van der Waals surface area contributed by atoms with Crippen LogP contribution in [0, 0.1) is 5.92 Å². The summed E-state index contributed by atoms with van der Waals surface area (Å²) >= 11 is 0. The van der Waals surface area contributed by atoms with E-state index in [9.17, 15) is 8.42 Å². The first-order valence-electron chi connectivity index (χ1n) is 6.69. The van der Waals surface area contributed by atoms with E-state index in [1.807, 2.05) is 13.1 Å². The van der Waals surface area contributed by atoms with Gasteiger partial charge in [0.1, 0.15) is 0 Å². The lowest BCUT2D eigenvalue weighted by atomic mass is 10.1. The van der Waals surface area contributed by atoms with Crippen LogP contribution in [0.4, 0.5) is 11.4 Å². The van der Waals surface area contributed by atoms with Crippen molar-refractivity contribution in [2.75, 3.05) is 30.5 Å². The van der Waals surface area contributed by atoms with Gasteiger partial charge < -0.3 is 10.6 Å². The number of nitrogens with zero attached hydrogens (tertiary/aromatic N) is 1. The Morgan fingerprint density at radius 2 is 1.95 bits per heavy atom. The maximum Gasteiger partial charge on any atom is 0.177 e.